The fourth-order valence-electron chi connectivity index (χ4n) is 4.11. The van der Waals surface area contributed by atoms with Crippen LogP contribution < -0.4 is 10.1 Å². The summed E-state index contributed by atoms with van der Waals surface area (Å²) in [6.45, 7) is 6.76. The number of carbonyl (C=O) groups excluding carboxylic acids is 1. The Morgan fingerprint density at radius 2 is 1.50 bits per heavy atom. The number of amides is 1. The number of aryl methyl sites for hydroxylation is 1. The summed E-state index contributed by atoms with van der Waals surface area (Å²) in [6, 6.07) is 33.7. The Hall–Kier alpha value is -4.71. The Balaban J connectivity index is 1.35. The normalized spacial score (nSPS) is 10.9. The average molecular weight is 503 g/mol. The van der Waals surface area contributed by atoms with Crippen molar-refractivity contribution < 1.29 is 9.53 Å². The zero-order valence-electron chi connectivity index (χ0n) is 21.8. The molecule has 1 N–H and O–H groups in total. The number of hydrogen-bond donors (Lipinski definition) is 1. The molecule has 0 unspecified atom stereocenters. The predicted octanol–water partition coefficient (Wildman–Crippen LogP) is 7.20. The fraction of sp³-hybridized carbons (Fsp3) is 0.156. The molecule has 5 rings (SSSR count). The van der Waals surface area contributed by atoms with Gasteiger partial charge < -0.3 is 10.1 Å². The van der Waals surface area contributed by atoms with Gasteiger partial charge in [0, 0.05) is 16.8 Å². The molecule has 0 aliphatic carbocycles. The second-order valence-electron chi connectivity index (χ2n) is 9.59. The summed E-state index contributed by atoms with van der Waals surface area (Å²) in [4.78, 5) is 17.6. The summed E-state index contributed by atoms with van der Waals surface area (Å²) in [5.41, 5.74) is 6.37. The largest absolute Gasteiger partial charge is 0.462 e. The Kier molecular flexibility index (Phi) is 7.31. The van der Waals surface area contributed by atoms with Crippen molar-refractivity contribution in [1.29, 1.82) is 0 Å². The highest BCUT2D eigenvalue weighted by molar-refractivity contribution is 6.04. The molecule has 0 aliphatic heterocycles. The first kappa shape index (κ1) is 25.0. The lowest BCUT2D eigenvalue weighted by atomic mass is 10.0. The summed E-state index contributed by atoms with van der Waals surface area (Å²) >= 11 is 0. The SMILES string of the molecule is Cc1ccccc1-c1nc(OCC(C)C)nn1-c1ccc(NC(=O)c2ccc(-c3ccccc3)cc2)cc1. The Bertz CT molecular complexity index is 1520. The van der Waals surface area contributed by atoms with Gasteiger partial charge in [0.05, 0.1) is 12.3 Å². The van der Waals surface area contributed by atoms with E-state index in [-0.39, 0.29) is 5.91 Å². The molecule has 0 saturated carbocycles. The maximum absolute atomic E-state index is 12.9. The van der Waals surface area contributed by atoms with E-state index in [1.54, 1.807) is 4.68 Å². The van der Waals surface area contributed by atoms with E-state index < -0.39 is 0 Å². The van der Waals surface area contributed by atoms with Gasteiger partial charge in [0.15, 0.2) is 5.82 Å². The van der Waals surface area contributed by atoms with Gasteiger partial charge in [-0.05, 0) is 65.9 Å². The van der Waals surface area contributed by atoms with E-state index in [0.29, 0.717) is 35.6 Å². The highest BCUT2D eigenvalue weighted by Gasteiger charge is 2.17. The van der Waals surface area contributed by atoms with Crippen LogP contribution in [0.3, 0.4) is 0 Å². The van der Waals surface area contributed by atoms with E-state index in [0.717, 1.165) is 27.9 Å². The zero-order chi connectivity index (χ0) is 26.5. The number of nitrogens with zero attached hydrogens (tertiary/aromatic N) is 3. The quantitative estimate of drug-likeness (QED) is 0.244. The molecule has 5 aromatic rings. The number of anilines is 1. The van der Waals surface area contributed by atoms with Gasteiger partial charge in [-0.2, -0.15) is 4.98 Å². The molecule has 1 amide bonds. The van der Waals surface area contributed by atoms with Crippen molar-refractivity contribution in [1.82, 2.24) is 14.8 Å². The molecule has 0 saturated heterocycles. The summed E-state index contributed by atoms with van der Waals surface area (Å²) < 4.78 is 7.62. The number of aromatic nitrogens is 3. The molecule has 0 bridgehead atoms. The van der Waals surface area contributed by atoms with Crippen molar-refractivity contribution in [3.8, 4) is 34.2 Å². The van der Waals surface area contributed by atoms with Crippen LogP contribution in [0.15, 0.2) is 103 Å². The van der Waals surface area contributed by atoms with Crippen LogP contribution in [0.2, 0.25) is 0 Å². The van der Waals surface area contributed by atoms with Gasteiger partial charge in [-0.3, -0.25) is 4.79 Å². The lowest BCUT2D eigenvalue weighted by Crippen LogP contribution is -2.11. The van der Waals surface area contributed by atoms with Crippen LogP contribution in [-0.2, 0) is 0 Å². The third-order valence-electron chi connectivity index (χ3n) is 6.14. The molecule has 0 atom stereocenters. The van der Waals surface area contributed by atoms with Crippen molar-refractivity contribution in [2.45, 2.75) is 20.8 Å². The Morgan fingerprint density at radius 1 is 0.842 bits per heavy atom. The first-order valence-electron chi connectivity index (χ1n) is 12.7. The van der Waals surface area contributed by atoms with Crippen molar-refractivity contribution in [2.24, 2.45) is 5.92 Å². The number of rotatable bonds is 8. The van der Waals surface area contributed by atoms with Crippen LogP contribution >= 0.6 is 0 Å². The predicted molar refractivity (Wildman–Crippen MR) is 152 cm³/mol. The van der Waals surface area contributed by atoms with Crippen LogP contribution in [0, 0.1) is 12.8 Å². The molecule has 0 spiro atoms. The van der Waals surface area contributed by atoms with Crippen LogP contribution in [0.4, 0.5) is 5.69 Å². The molecule has 1 heterocycles. The lowest BCUT2D eigenvalue weighted by molar-refractivity contribution is 0.102. The maximum Gasteiger partial charge on any atom is 0.336 e. The van der Waals surface area contributed by atoms with Crippen molar-refractivity contribution >= 4 is 11.6 Å². The summed E-state index contributed by atoms with van der Waals surface area (Å²) in [5, 5.41) is 7.62. The zero-order valence-corrected chi connectivity index (χ0v) is 21.8. The van der Waals surface area contributed by atoms with Gasteiger partial charge in [0.2, 0.25) is 0 Å². The van der Waals surface area contributed by atoms with Crippen molar-refractivity contribution in [3.05, 3.63) is 114 Å². The molecular formula is C32H30N4O2. The standard InChI is InChI=1S/C32H30N4O2/c1-22(2)21-38-32-34-30(29-12-8-7-9-23(29)3)36(35-32)28-19-17-27(18-20-28)33-31(37)26-15-13-25(14-16-26)24-10-5-4-6-11-24/h4-20,22H,21H2,1-3H3,(H,33,37). The van der Waals surface area contributed by atoms with E-state index in [9.17, 15) is 4.79 Å². The number of nitrogens with one attached hydrogen (secondary N) is 1. The Labute approximate surface area is 223 Å². The third-order valence-corrected chi connectivity index (χ3v) is 6.14. The average Bonchev–Trinajstić information content (AvgIpc) is 3.37. The topological polar surface area (TPSA) is 69.0 Å². The van der Waals surface area contributed by atoms with Crippen LogP contribution in [0.25, 0.3) is 28.2 Å². The van der Waals surface area contributed by atoms with Crippen LogP contribution in [-0.4, -0.2) is 27.3 Å². The van der Waals surface area contributed by atoms with E-state index in [2.05, 4.69) is 41.4 Å². The minimum Gasteiger partial charge on any atom is -0.462 e. The van der Waals surface area contributed by atoms with E-state index in [1.165, 1.54) is 0 Å². The number of hydrogen-bond acceptors (Lipinski definition) is 4. The molecule has 0 fully saturated rings. The first-order valence-corrected chi connectivity index (χ1v) is 12.7. The summed E-state index contributed by atoms with van der Waals surface area (Å²) in [6.07, 6.45) is 0. The molecule has 1 aromatic heterocycles. The maximum atomic E-state index is 12.9. The van der Waals surface area contributed by atoms with Gasteiger partial charge in [-0.25, -0.2) is 4.68 Å². The number of carbonyl (C=O) groups is 1. The molecule has 0 aliphatic rings. The molecule has 0 radical (unpaired) electrons. The second kappa shape index (κ2) is 11.1. The molecule has 4 aromatic carbocycles. The van der Waals surface area contributed by atoms with Gasteiger partial charge in [-0.15, -0.1) is 5.10 Å². The summed E-state index contributed by atoms with van der Waals surface area (Å²) in [5.74, 6) is 0.904. The van der Waals surface area contributed by atoms with Gasteiger partial charge in [-0.1, -0.05) is 80.6 Å². The molecular weight excluding hydrogens is 472 g/mol. The van der Waals surface area contributed by atoms with E-state index in [4.69, 9.17) is 4.74 Å². The monoisotopic (exact) mass is 502 g/mol. The molecule has 38 heavy (non-hydrogen) atoms. The van der Waals surface area contributed by atoms with Crippen LogP contribution in [0.5, 0.6) is 6.01 Å². The fourth-order valence-corrected chi connectivity index (χ4v) is 4.11. The van der Waals surface area contributed by atoms with Gasteiger partial charge in [0.1, 0.15) is 0 Å². The molecule has 190 valence electrons. The minimum absolute atomic E-state index is 0.164. The lowest BCUT2D eigenvalue weighted by Gasteiger charge is -2.10. The summed E-state index contributed by atoms with van der Waals surface area (Å²) in [7, 11) is 0. The second-order valence-corrected chi connectivity index (χ2v) is 9.59. The number of ether oxygens (including phenoxy) is 1. The minimum atomic E-state index is -0.164. The van der Waals surface area contributed by atoms with Crippen LogP contribution in [0.1, 0.15) is 29.8 Å². The van der Waals surface area contributed by atoms with Crippen molar-refractivity contribution in [2.75, 3.05) is 11.9 Å². The number of benzene rings is 4. The highest BCUT2D eigenvalue weighted by atomic mass is 16.5. The van der Waals surface area contributed by atoms with E-state index in [1.807, 2.05) is 97.9 Å². The third kappa shape index (κ3) is 5.65. The molecule has 6 nitrogen and oxygen atoms in total. The highest BCUT2D eigenvalue weighted by Crippen LogP contribution is 2.27. The van der Waals surface area contributed by atoms with Gasteiger partial charge in [0.25, 0.3) is 5.91 Å². The van der Waals surface area contributed by atoms with Gasteiger partial charge >= 0.3 is 6.01 Å². The molecule has 6 heteroatoms. The first-order chi connectivity index (χ1) is 18.5. The smallest absolute Gasteiger partial charge is 0.336 e. The van der Waals surface area contributed by atoms with E-state index >= 15 is 0 Å². The Morgan fingerprint density at radius 3 is 2.18 bits per heavy atom. The van der Waals surface area contributed by atoms with Crippen molar-refractivity contribution in [3.63, 3.8) is 0 Å².